The molecule has 0 aromatic carbocycles. The largest absolute Gasteiger partial charge is 0.413 e. The minimum atomic E-state index is -1.72. The van der Waals surface area contributed by atoms with Crippen molar-refractivity contribution < 1.29 is 4.43 Å². The predicted molar refractivity (Wildman–Crippen MR) is 81.3 cm³/mol. The highest BCUT2D eigenvalue weighted by Gasteiger charge is 2.37. The van der Waals surface area contributed by atoms with Crippen LogP contribution in [0.4, 0.5) is 0 Å². The summed E-state index contributed by atoms with van der Waals surface area (Å²) in [5.41, 5.74) is 1.73. The van der Waals surface area contributed by atoms with E-state index in [0.29, 0.717) is 17.3 Å². The van der Waals surface area contributed by atoms with Gasteiger partial charge in [0.15, 0.2) is 8.32 Å². The van der Waals surface area contributed by atoms with Gasteiger partial charge in [0.25, 0.3) is 0 Å². The van der Waals surface area contributed by atoms with Crippen LogP contribution in [0.1, 0.15) is 32.0 Å². The molecule has 0 unspecified atom stereocenters. The van der Waals surface area contributed by atoms with Crippen molar-refractivity contribution in [3.8, 4) is 0 Å². The number of halogens is 1. The minimum Gasteiger partial charge on any atom is -0.413 e. The summed E-state index contributed by atoms with van der Waals surface area (Å²) < 4.78 is 6.12. The van der Waals surface area contributed by atoms with Crippen molar-refractivity contribution in [2.45, 2.75) is 45.5 Å². The average molecular weight is 284 g/mol. The Morgan fingerprint density at radius 1 is 1.44 bits per heavy atom. The molecule has 0 amide bonds. The van der Waals surface area contributed by atoms with E-state index in [1.54, 1.807) is 12.3 Å². The van der Waals surface area contributed by atoms with Gasteiger partial charge in [0, 0.05) is 6.20 Å². The highest BCUT2D eigenvalue weighted by Crippen LogP contribution is 2.37. The zero-order valence-corrected chi connectivity index (χ0v) is 13.6. The zero-order valence-electron chi connectivity index (χ0n) is 11.9. The van der Waals surface area contributed by atoms with Crippen LogP contribution >= 0.6 is 11.6 Å². The lowest BCUT2D eigenvalue weighted by Gasteiger charge is -2.36. The van der Waals surface area contributed by atoms with Gasteiger partial charge in [0.2, 0.25) is 0 Å². The summed E-state index contributed by atoms with van der Waals surface area (Å²) >= 11 is 6.09. The van der Waals surface area contributed by atoms with Gasteiger partial charge >= 0.3 is 0 Å². The summed E-state index contributed by atoms with van der Waals surface area (Å²) in [5.74, 6) is 0. The fourth-order valence-electron chi connectivity index (χ4n) is 1.20. The Bertz CT molecular complexity index is 438. The van der Waals surface area contributed by atoms with E-state index >= 15 is 0 Å². The molecule has 0 atom stereocenters. The van der Waals surface area contributed by atoms with Crippen LogP contribution in [0.3, 0.4) is 0 Å². The molecular formula is C14H22ClNOSi. The Balaban J connectivity index is 2.76. The molecule has 0 fully saturated rings. The zero-order chi connectivity index (χ0) is 14.0. The van der Waals surface area contributed by atoms with Crippen molar-refractivity contribution in [1.82, 2.24) is 4.98 Å². The van der Waals surface area contributed by atoms with Crippen molar-refractivity contribution in [1.29, 1.82) is 0 Å². The van der Waals surface area contributed by atoms with Crippen LogP contribution in [0.2, 0.25) is 23.2 Å². The van der Waals surface area contributed by atoms with Gasteiger partial charge in [-0.25, -0.2) is 0 Å². The molecule has 1 aromatic rings. The molecule has 0 spiro atoms. The molecule has 1 heterocycles. The number of aromatic nitrogens is 1. The van der Waals surface area contributed by atoms with E-state index in [2.05, 4.69) is 45.4 Å². The third kappa shape index (κ3) is 3.67. The van der Waals surface area contributed by atoms with Gasteiger partial charge in [0.1, 0.15) is 0 Å². The molecular weight excluding hydrogens is 262 g/mol. The van der Waals surface area contributed by atoms with Crippen molar-refractivity contribution in [3.05, 3.63) is 35.1 Å². The lowest BCUT2D eigenvalue weighted by atomic mass is 10.2. The molecule has 0 saturated carbocycles. The lowest BCUT2D eigenvalue weighted by molar-refractivity contribution is 0.276. The Hall–Kier alpha value is -0.643. The van der Waals surface area contributed by atoms with E-state index < -0.39 is 8.32 Å². The summed E-state index contributed by atoms with van der Waals surface area (Å²) in [4.78, 5) is 4.24. The van der Waals surface area contributed by atoms with Crippen LogP contribution in [-0.4, -0.2) is 13.3 Å². The van der Waals surface area contributed by atoms with Crippen LogP contribution in [0.5, 0.6) is 0 Å². The Morgan fingerprint density at radius 3 is 2.50 bits per heavy atom. The van der Waals surface area contributed by atoms with E-state index in [1.807, 2.05) is 6.07 Å². The molecule has 0 N–H and O–H groups in total. The molecule has 1 aromatic heterocycles. The molecule has 0 radical (unpaired) electrons. The summed E-state index contributed by atoms with van der Waals surface area (Å²) in [6.07, 6.45) is 3.46. The SMILES string of the molecule is C=Cc1ncc(CO[Si](C)(C)C(C)(C)C)cc1Cl. The molecule has 4 heteroatoms. The second-order valence-electron chi connectivity index (χ2n) is 5.96. The third-order valence-corrected chi connectivity index (χ3v) is 8.31. The van der Waals surface area contributed by atoms with Gasteiger partial charge in [-0.2, -0.15) is 0 Å². The predicted octanol–water partition coefficient (Wildman–Crippen LogP) is 4.90. The topological polar surface area (TPSA) is 22.1 Å². The minimum absolute atomic E-state index is 0.214. The van der Waals surface area contributed by atoms with Gasteiger partial charge in [-0.15, -0.1) is 0 Å². The van der Waals surface area contributed by atoms with E-state index in [0.717, 1.165) is 5.56 Å². The first-order valence-electron chi connectivity index (χ1n) is 6.08. The Labute approximate surface area is 116 Å². The van der Waals surface area contributed by atoms with Crippen molar-refractivity contribution in [3.63, 3.8) is 0 Å². The molecule has 1 rings (SSSR count). The fourth-order valence-corrected chi connectivity index (χ4v) is 2.42. The number of pyridine rings is 1. The quantitative estimate of drug-likeness (QED) is 0.733. The van der Waals surface area contributed by atoms with Crippen LogP contribution in [0, 0.1) is 0 Å². The number of hydrogen-bond acceptors (Lipinski definition) is 2. The number of rotatable bonds is 4. The summed E-state index contributed by atoms with van der Waals surface area (Å²) in [5, 5.41) is 0.840. The molecule has 0 aliphatic rings. The number of hydrogen-bond donors (Lipinski definition) is 0. The van der Waals surface area contributed by atoms with Gasteiger partial charge in [-0.05, 0) is 35.8 Å². The first-order chi connectivity index (χ1) is 8.17. The maximum Gasteiger partial charge on any atom is 0.192 e. The first-order valence-corrected chi connectivity index (χ1v) is 9.37. The lowest BCUT2D eigenvalue weighted by Crippen LogP contribution is -2.40. The first kappa shape index (κ1) is 15.4. The molecule has 0 aliphatic carbocycles. The highest BCUT2D eigenvalue weighted by molar-refractivity contribution is 6.74. The van der Waals surface area contributed by atoms with E-state index in [9.17, 15) is 0 Å². The second kappa shape index (κ2) is 5.55. The van der Waals surface area contributed by atoms with Crippen LogP contribution in [-0.2, 0) is 11.0 Å². The summed E-state index contributed by atoms with van der Waals surface area (Å²) in [7, 11) is -1.72. The van der Waals surface area contributed by atoms with E-state index in [1.165, 1.54) is 0 Å². The standard InChI is InChI=1S/C14H22ClNOSi/c1-7-13-12(15)8-11(9-16-13)10-17-18(5,6)14(2,3)4/h7-9H,1,10H2,2-6H3. The molecule has 0 bridgehead atoms. The molecule has 100 valence electrons. The van der Waals surface area contributed by atoms with E-state index in [4.69, 9.17) is 16.0 Å². The van der Waals surface area contributed by atoms with Crippen molar-refractivity contribution >= 4 is 26.0 Å². The maximum atomic E-state index is 6.12. The van der Waals surface area contributed by atoms with Crippen LogP contribution in [0.25, 0.3) is 6.08 Å². The van der Waals surface area contributed by atoms with Crippen LogP contribution < -0.4 is 0 Å². The molecule has 2 nitrogen and oxygen atoms in total. The maximum absolute atomic E-state index is 6.12. The highest BCUT2D eigenvalue weighted by atomic mass is 35.5. The molecule has 18 heavy (non-hydrogen) atoms. The Morgan fingerprint density at radius 2 is 2.06 bits per heavy atom. The average Bonchev–Trinajstić information content (AvgIpc) is 2.25. The fraction of sp³-hybridized carbons (Fsp3) is 0.500. The smallest absolute Gasteiger partial charge is 0.192 e. The Kier molecular flexibility index (Phi) is 4.76. The number of nitrogens with zero attached hydrogens (tertiary/aromatic N) is 1. The summed E-state index contributed by atoms with van der Waals surface area (Å²) in [6, 6.07) is 1.90. The van der Waals surface area contributed by atoms with Crippen LogP contribution in [0.15, 0.2) is 18.8 Å². The van der Waals surface area contributed by atoms with Gasteiger partial charge in [-0.1, -0.05) is 39.0 Å². The molecule has 0 saturated heterocycles. The summed E-state index contributed by atoms with van der Waals surface area (Å²) in [6.45, 7) is 15.4. The van der Waals surface area contributed by atoms with Crippen molar-refractivity contribution in [2.24, 2.45) is 0 Å². The van der Waals surface area contributed by atoms with Gasteiger partial charge < -0.3 is 4.43 Å². The van der Waals surface area contributed by atoms with Crippen molar-refractivity contribution in [2.75, 3.05) is 0 Å². The van der Waals surface area contributed by atoms with Gasteiger partial charge in [0.05, 0.1) is 17.3 Å². The third-order valence-electron chi connectivity index (χ3n) is 3.53. The normalized spacial score (nSPS) is 12.6. The van der Waals surface area contributed by atoms with Gasteiger partial charge in [-0.3, -0.25) is 4.98 Å². The van der Waals surface area contributed by atoms with E-state index in [-0.39, 0.29) is 5.04 Å². The second-order valence-corrected chi connectivity index (χ2v) is 11.2. The molecule has 0 aliphatic heterocycles. The monoisotopic (exact) mass is 283 g/mol.